The van der Waals surface area contributed by atoms with Crippen LogP contribution in [0.3, 0.4) is 0 Å². The number of nitrogens with one attached hydrogen (secondary N) is 1. The molecule has 1 atom stereocenters. The number of hydrogen-bond acceptors (Lipinski definition) is 4. The van der Waals surface area contributed by atoms with Crippen molar-refractivity contribution in [2.24, 2.45) is 0 Å². The van der Waals surface area contributed by atoms with Gasteiger partial charge in [-0.15, -0.1) is 11.8 Å². The minimum atomic E-state index is -1.37. The first-order chi connectivity index (χ1) is 5.57. The number of Topliss-reactive ketones (excluding diaryl/α,β-unsaturated/α-hetero) is 1. The quantitative estimate of drug-likeness (QED) is 0.588. The van der Waals surface area contributed by atoms with E-state index in [9.17, 15) is 9.59 Å². The average molecular weight is 187 g/mol. The van der Waals surface area contributed by atoms with Gasteiger partial charge in [0.25, 0.3) is 5.91 Å². The summed E-state index contributed by atoms with van der Waals surface area (Å²) < 4.78 is 0. The van der Waals surface area contributed by atoms with E-state index < -0.39 is 12.0 Å². The van der Waals surface area contributed by atoms with Crippen LogP contribution in [0.2, 0.25) is 0 Å². The lowest BCUT2D eigenvalue weighted by atomic mass is 10.1. The molecule has 0 saturated heterocycles. The summed E-state index contributed by atoms with van der Waals surface area (Å²) in [4.78, 5) is 22.6. The number of carbonyl (C=O) groups excluding carboxylic acids is 2. The van der Waals surface area contributed by atoms with E-state index in [1.807, 2.05) is 0 Å². The smallest absolute Gasteiger partial charge is 0.260 e. The van der Waals surface area contributed by atoms with Crippen molar-refractivity contribution in [3.05, 3.63) is 10.5 Å². The number of carbonyl (C=O) groups is 2. The molecule has 0 aliphatic carbocycles. The van der Waals surface area contributed by atoms with Gasteiger partial charge in [-0.1, -0.05) is 0 Å². The zero-order valence-corrected chi connectivity index (χ0v) is 7.57. The molecule has 1 rings (SSSR count). The highest BCUT2D eigenvalue weighted by molar-refractivity contribution is 8.03. The van der Waals surface area contributed by atoms with Crippen molar-refractivity contribution >= 4 is 23.5 Å². The number of thioether (sulfide) groups is 1. The second-order valence-corrected chi connectivity index (χ2v) is 3.21. The Morgan fingerprint density at radius 2 is 2.08 bits per heavy atom. The molecule has 1 aliphatic heterocycles. The summed E-state index contributed by atoms with van der Waals surface area (Å²) in [5, 5.41) is 11.2. The molecule has 1 amide bonds. The van der Waals surface area contributed by atoms with Crippen molar-refractivity contribution in [1.29, 1.82) is 0 Å². The normalized spacial score (nSPS) is 24.4. The molecule has 5 heteroatoms. The van der Waals surface area contributed by atoms with E-state index in [-0.39, 0.29) is 5.91 Å². The van der Waals surface area contributed by atoms with Crippen LogP contribution < -0.4 is 5.32 Å². The molecule has 0 saturated carbocycles. The van der Waals surface area contributed by atoms with Crippen molar-refractivity contribution < 1.29 is 14.7 Å². The summed E-state index contributed by atoms with van der Waals surface area (Å²) in [6.07, 6.45) is 0.344. The predicted molar refractivity (Wildman–Crippen MR) is 45.4 cm³/mol. The first kappa shape index (κ1) is 9.28. The lowest BCUT2D eigenvalue weighted by Crippen LogP contribution is -2.45. The fourth-order valence-electron chi connectivity index (χ4n) is 0.988. The Bertz CT molecular complexity index is 272. The minimum Gasteiger partial charge on any atom is -0.367 e. The van der Waals surface area contributed by atoms with E-state index in [1.54, 1.807) is 6.26 Å². The highest BCUT2D eigenvalue weighted by Crippen LogP contribution is 2.21. The summed E-state index contributed by atoms with van der Waals surface area (Å²) in [6, 6.07) is 0. The third kappa shape index (κ3) is 1.37. The van der Waals surface area contributed by atoms with Crippen LogP contribution in [0.15, 0.2) is 10.5 Å². The van der Waals surface area contributed by atoms with Gasteiger partial charge in [-0.3, -0.25) is 9.59 Å². The van der Waals surface area contributed by atoms with Gasteiger partial charge < -0.3 is 10.4 Å². The highest BCUT2D eigenvalue weighted by Gasteiger charge is 2.29. The zero-order chi connectivity index (χ0) is 9.30. The molecule has 1 unspecified atom stereocenters. The Morgan fingerprint density at radius 3 is 2.58 bits per heavy atom. The number of amides is 1. The van der Waals surface area contributed by atoms with E-state index in [0.717, 1.165) is 0 Å². The van der Waals surface area contributed by atoms with Crippen LogP contribution in [0.4, 0.5) is 0 Å². The maximum Gasteiger partial charge on any atom is 0.260 e. The number of aliphatic hydroxyl groups excluding tert-OH is 1. The number of hydrogen-bond donors (Lipinski definition) is 2. The summed E-state index contributed by atoms with van der Waals surface area (Å²) in [5.74, 6) is -0.814. The van der Waals surface area contributed by atoms with Crippen LogP contribution in [-0.2, 0) is 9.59 Å². The lowest BCUT2D eigenvalue weighted by molar-refractivity contribution is -0.132. The molecular formula is C7H9NO3S. The number of rotatable bonds is 1. The van der Waals surface area contributed by atoms with Crippen molar-refractivity contribution in [3.8, 4) is 0 Å². The van der Waals surface area contributed by atoms with E-state index >= 15 is 0 Å². The molecule has 0 fully saturated rings. The summed E-state index contributed by atoms with van der Waals surface area (Å²) in [7, 11) is 0. The van der Waals surface area contributed by atoms with E-state index in [2.05, 4.69) is 5.32 Å². The van der Waals surface area contributed by atoms with Crippen LogP contribution in [0.1, 0.15) is 6.92 Å². The van der Waals surface area contributed by atoms with Gasteiger partial charge in [0, 0.05) is 5.57 Å². The largest absolute Gasteiger partial charge is 0.367 e. The van der Waals surface area contributed by atoms with Gasteiger partial charge in [0.1, 0.15) is 0 Å². The molecule has 12 heavy (non-hydrogen) atoms. The maximum absolute atomic E-state index is 11.1. The SMILES string of the molecule is CSC1=C(C)C(=O)C(O)NC1=O. The third-order valence-electron chi connectivity index (χ3n) is 1.64. The Kier molecular flexibility index (Phi) is 2.54. The maximum atomic E-state index is 11.1. The monoisotopic (exact) mass is 187 g/mol. The molecule has 0 aromatic heterocycles. The molecular weight excluding hydrogens is 178 g/mol. The second-order valence-electron chi connectivity index (χ2n) is 2.40. The van der Waals surface area contributed by atoms with Crippen LogP contribution in [-0.4, -0.2) is 29.3 Å². The molecule has 0 radical (unpaired) electrons. The third-order valence-corrected chi connectivity index (χ3v) is 2.54. The van der Waals surface area contributed by atoms with Gasteiger partial charge in [-0.2, -0.15) is 0 Å². The van der Waals surface area contributed by atoms with Gasteiger partial charge in [-0.05, 0) is 13.2 Å². The first-order valence-corrected chi connectivity index (χ1v) is 4.58. The zero-order valence-electron chi connectivity index (χ0n) is 6.75. The molecule has 0 spiro atoms. The lowest BCUT2D eigenvalue weighted by Gasteiger charge is -2.20. The molecule has 1 heterocycles. The van der Waals surface area contributed by atoms with Crippen molar-refractivity contribution in [2.45, 2.75) is 13.2 Å². The molecule has 66 valence electrons. The summed E-state index contributed by atoms with van der Waals surface area (Å²) >= 11 is 1.20. The summed E-state index contributed by atoms with van der Waals surface area (Å²) in [5.41, 5.74) is 0.332. The topological polar surface area (TPSA) is 66.4 Å². The number of ketones is 1. The molecule has 0 bridgehead atoms. The van der Waals surface area contributed by atoms with Crippen molar-refractivity contribution in [1.82, 2.24) is 5.32 Å². The Balaban J connectivity index is 3.08. The van der Waals surface area contributed by atoms with Gasteiger partial charge in [0.15, 0.2) is 6.23 Å². The number of aliphatic hydroxyl groups is 1. The predicted octanol–water partition coefficient (Wildman–Crippen LogP) is -0.359. The van der Waals surface area contributed by atoms with Gasteiger partial charge in [0.05, 0.1) is 4.91 Å². The van der Waals surface area contributed by atoms with E-state index in [0.29, 0.717) is 10.5 Å². The van der Waals surface area contributed by atoms with Gasteiger partial charge in [0.2, 0.25) is 5.78 Å². The standard InChI is InChI=1S/C7H9NO3S/c1-3-4(9)6(10)8-7(11)5(3)12-2/h6,10H,1-2H3,(H,8,11). The van der Waals surface area contributed by atoms with Crippen LogP contribution in [0, 0.1) is 0 Å². The molecule has 1 aliphatic rings. The van der Waals surface area contributed by atoms with E-state index in [1.165, 1.54) is 18.7 Å². The van der Waals surface area contributed by atoms with Crippen LogP contribution in [0.25, 0.3) is 0 Å². The fraction of sp³-hybridized carbons (Fsp3) is 0.429. The molecule has 2 N–H and O–H groups in total. The van der Waals surface area contributed by atoms with Crippen LogP contribution >= 0.6 is 11.8 Å². The first-order valence-electron chi connectivity index (χ1n) is 3.36. The Morgan fingerprint density at radius 1 is 1.50 bits per heavy atom. The molecule has 4 nitrogen and oxygen atoms in total. The van der Waals surface area contributed by atoms with Crippen molar-refractivity contribution in [2.75, 3.05) is 6.26 Å². The van der Waals surface area contributed by atoms with Crippen LogP contribution in [0.5, 0.6) is 0 Å². The van der Waals surface area contributed by atoms with Crippen molar-refractivity contribution in [3.63, 3.8) is 0 Å². The van der Waals surface area contributed by atoms with Gasteiger partial charge >= 0.3 is 0 Å². The molecule has 0 aromatic rings. The summed E-state index contributed by atoms with van der Waals surface area (Å²) in [6.45, 7) is 1.54. The second kappa shape index (κ2) is 3.28. The van der Waals surface area contributed by atoms with Gasteiger partial charge in [-0.25, -0.2) is 0 Å². The fourth-order valence-corrected chi connectivity index (χ4v) is 1.64. The Labute approximate surface area is 74.0 Å². The highest BCUT2D eigenvalue weighted by atomic mass is 32.2. The average Bonchev–Trinajstić information content (AvgIpc) is 2.01. The Hall–Kier alpha value is -0.810. The molecule has 0 aromatic carbocycles. The van der Waals surface area contributed by atoms with E-state index in [4.69, 9.17) is 5.11 Å². The minimum absolute atomic E-state index is 0.332.